The quantitative estimate of drug-likeness (QED) is 0.696. The van der Waals surface area contributed by atoms with E-state index in [0.29, 0.717) is 11.5 Å². The third kappa shape index (κ3) is 1.90. The van der Waals surface area contributed by atoms with Crippen molar-refractivity contribution in [1.82, 2.24) is 0 Å². The van der Waals surface area contributed by atoms with Crippen LogP contribution in [0.1, 0.15) is 52.4 Å². The molecule has 0 aromatic carbocycles. The van der Waals surface area contributed by atoms with Crippen LogP contribution in [0.4, 0.5) is 0 Å². The predicted octanol–water partition coefficient (Wildman–Crippen LogP) is 2.94. The van der Waals surface area contributed by atoms with Crippen molar-refractivity contribution in [2.45, 2.75) is 58.4 Å². The predicted molar refractivity (Wildman–Crippen MR) is 56.4 cm³/mol. The van der Waals surface area contributed by atoms with E-state index in [0.717, 1.165) is 11.8 Å². The van der Waals surface area contributed by atoms with Gasteiger partial charge in [0.1, 0.15) is 0 Å². The zero-order valence-corrected chi connectivity index (χ0v) is 9.05. The van der Waals surface area contributed by atoms with E-state index in [9.17, 15) is 0 Å². The highest BCUT2D eigenvalue weighted by Gasteiger charge is 2.50. The molecule has 0 saturated heterocycles. The zero-order chi connectivity index (χ0) is 9.47. The molecule has 76 valence electrons. The maximum Gasteiger partial charge on any atom is 0.0101 e. The summed E-state index contributed by atoms with van der Waals surface area (Å²) in [7, 11) is 0. The summed E-state index contributed by atoms with van der Waals surface area (Å²) in [6.45, 7) is 4.72. The second kappa shape index (κ2) is 3.27. The second-order valence-corrected chi connectivity index (χ2v) is 5.77. The van der Waals surface area contributed by atoms with Gasteiger partial charge >= 0.3 is 0 Å². The fourth-order valence-corrected chi connectivity index (χ4v) is 3.01. The molecule has 2 N–H and O–H groups in total. The van der Waals surface area contributed by atoms with Gasteiger partial charge in [0, 0.05) is 6.04 Å². The van der Waals surface area contributed by atoms with Gasteiger partial charge < -0.3 is 5.73 Å². The summed E-state index contributed by atoms with van der Waals surface area (Å²) in [5, 5.41) is 0. The topological polar surface area (TPSA) is 26.0 Å². The molecule has 2 atom stereocenters. The Balaban J connectivity index is 1.86. The Morgan fingerprint density at radius 2 is 1.69 bits per heavy atom. The molecule has 0 radical (unpaired) electrons. The molecule has 0 amide bonds. The second-order valence-electron chi connectivity index (χ2n) is 5.77. The molecule has 0 heterocycles. The summed E-state index contributed by atoms with van der Waals surface area (Å²) < 4.78 is 0. The van der Waals surface area contributed by atoms with E-state index in [1.165, 1.54) is 38.5 Å². The van der Waals surface area contributed by atoms with Crippen molar-refractivity contribution in [1.29, 1.82) is 0 Å². The molecule has 2 fully saturated rings. The first-order valence-corrected chi connectivity index (χ1v) is 5.87. The normalized spacial score (nSPS) is 35.8. The molecule has 1 nitrogen and oxygen atoms in total. The van der Waals surface area contributed by atoms with Crippen molar-refractivity contribution in [3.8, 4) is 0 Å². The molecule has 0 aromatic rings. The van der Waals surface area contributed by atoms with Crippen molar-refractivity contribution in [3.05, 3.63) is 0 Å². The molecule has 2 saturated carbocycles. The zero-order valence-electron chi connectivity index (χ0n) is 9.05. The van der Waals surface area contributed by atoms with Crippen LogP contribution in [0, 0.1) is 17.3 Å². The fraction of sp³-hybridized carbons (Fsp3) is 1.00. The van der Waals surface area contributed by atoms with Gasteiger partial charge in [-0.05, 0) is 36.5 Å². The van der Waals surface area contributed by atoms with Crippen LogP contribution < -0.4 is 5.73 Å². The van der Waals surface area contributed by atoms with Crippen molar-refractivity contribution in [3.63, 3.8) is 0 Å². The Morgan fingerprint density at radius 1 is 1.15 bits per heavy atom. The van der Waals surface area contributed by atoms with Gasteiger partial charge in [0.25, 0.3) is 0 Å². The molecular formula is C12H23N. The lowest BCUT2D eigenvalue weighted by Crippen LogP contribution is -2.34. The maximum absolute atomic E-state index is 6.33. The van der Waals surface area contributed by atoms with Gasteiger partial charge in [-0.1, -0.05) is 33.1 Å². The van der Waals surface area contributed by atoms with Gasteiger partial charge in [0.15, 0.2) is 0 Å². The SMILES string of the molecule is CC1(C)CC1C(N)C1CCCCC1. The molecule has 2 aliphatic rings. The summed E-state index contributed by atoms with van der Waals surface area (Å²) in [4.78, 5) is 0. The van der Waals surface area contributed by atoms with Crippen LogP contribution in [0.3, 0.4) is 0 Å². The van der Waals surface area contributed by atoms with Gasteiger partial charge in [0.05, 0.1) is 0 Å². The van der Waals surface area contributed by atoms with Crippen molar-refractivity contribution < 1.29 is 0 Å². The Bertz CT molecular complexity index is 180. The molecule has 0 aliphatic heterocycles. The minimum absolute atomic E-state index is 0.510. The number of hydrogen-bond donors (Lipinski definition) is 1. The van der Waals surface area contributed by atoms with Gasteiger partial charge in [0.2, 0.25) is 0 Å². The summed E-state index contributed by atoms with van der Waals surface area (Å²) >= 11 is 0. The minimum Gasteiger partial charge on any atom is -0.327 e. The van der Waals surface area contributed by atoms with E-state index >= 15 is 0 Å². The van der Waals surface area contributed by atoms with Crippen LogP contribution in [0.2, 0.25) is 0 Å². The van der Waals surface area contributed by atoms with Crippen molar-refractivity contribution in [2.75, 3.05) is 0 Å². The highest BCUT2D eigenvalue weighted by atomic mass is 14.7. The number of rotatable bonds is 2. The number of hydrogen-bond acceptors (Lipinski definition) is 1. The minimum atomic E-state index is 0.510. The summed E-state index contributed by atoms with van der Waals surface area (Å²) in [5.41, 5.74) is 6.90. The third-order valence-corrected chi connectivity index (χ3v) is 4.25. The van der Waals surface area contributed by atoms with Gasteiger partial charge in [-0.15, -0.1) is 0 Å². The van der Waals surface area contributed by atoms with E-state index in [4.69, 9.17) is 5.73 Å². The van der Waals surface area contributed by atoms with Crippen LogP contribution in [-0.2, 0) is 0 Å². The summed E-state index contributed by atoms with van der Waals surface area (Å²) in [6, 6.07) is 0.510. The van der Waals surface area contributed by atoms with Gasteiger partial charge in [-0.25, -0.2) is 0 Å². The van der Waals surface area contributed by atoms with Crippen LogP contribution >= 0.6 is 0 Å². The summed E-state index contributed by atoms with van der Waals surface area (Å²) in [6.07, 6.45) is 8.44. The largest absolute Gasteiger partial charge is 0.327 e. The first-order valence-electron chi connectivity index (χ1n) is 5.87. The van der Waals surface area contributed by atoms with Gasteiger partial charge in [-0.3, -0.25) is 0 Å². The molecule has 2 aliphatic carbocycles. The Morgan fingerprint density at radius 3 is 2.15 bits per heavy atom. The van der Waals surface area contributed by atoms with E-state index in [-0.39, 0.29) is 0 Å². The molecule has 0 aromatic heterocycles. The third-order valence-electron chi connectivity index (χ3n) is 4.25. The Hall–Kier alpha value is -0.0400. The smallest absolute Gasteiger partial charge is 0.0101 e. The van der Waals surface area contributed by atoms with E-state index in [1.54, 1.807) is 0 Å². The van der Waals surface area contributed by atoms with Crippen molar-refractivity contribution in [2.24, 2.45) is 23.0 Å². The highest BCUT2D eigenvalue weighted by Crippen LogP contribution is 2.55. The first kappa shape index (κ1) is 9.51. The first-order chi connectivity index (χ1) is 6.11. The molecule has 2 rings (SSSR count). The molecule has 0 bridgehead atoms. The van der Waals surface area contributed by atoms with E-state index < -0.39 is 0 Å². The number of nitrogens with two attached hydrogens (primary N) is 1. The van der Waals surface area contributed by atoms with Gasteiger partial charge in [-0.2, -0.15) is 0 Å². The molecule has 2 unspecified atom stereocenters. The maximum atomic E-state index is 6.33. The average molecular weight is 181 g/mol. The monoisotopic (exact) mass is 181 g/mol. The lowest BCUT2D eigenvalue weighted by atomic mass is 9.81. The Labute approximate surface area is 82.1 Å². The van der Waals surface area contributed by atoms with E-state index in [1.807, 2.05) is 0 Å². The molecule has 1 heteroatoms. The summed E-state index contributed by atoms with van der Waals surface area (Å²) in [5.74, 6) is 1.68. The average Bonchev–Trinajstić information content (AvgIpc) is 2.76. The lowest BCUT2D eigenvalue weighted by molar-refractivity contribution is 0.270. The Kier molecular flexibility index (Phi) is 2.39. The molecule has 0 spiro atoms. The lowest BCUT2D eigenvalue weighted by Gasteiger charge is -2.28. The van der Waals surface area contributed by atoms with Crippen LogP contribution in [-0.4, -0.2) is 6.04 Å². The van der Waals surface area contributed by atoms with Crippen LogP contribution in [0.5, 0.6) is 0 Å². The molecular weight excluding hydrogens is 158 g/mol. The van der Waals surface area contributed by atoms with E-state index in [2.05, 4.69) is 13.8 Å². The van der Waals surface area contributed by atoms with Crippen LogP contribution in [0.25, 0.3) is 0 Å². The van der Waals surface area contributed by atoms with Crippen LogP contribution in [0.15, 0.2) is 0 Å². The standard InChI is InChI=1S/C12H23N/c1-12(2)8-10(12)11(13)9-6-4-3-5-7-9/h9-11H,3-8,13H2,1-2H3. The fourth-order valence-electron chi connectivity index (χ4n) is 3.01. The van der Waals surface area contributed by atoms with Crippen molar-refractivity contribution >= 4 is 0 Å². The molecule has 13 heavy (non-hydrogen) atoms. The highest BCUT2D eigenvalue weighted by molar-refractivity contribution is 5.02.